The Morgan fingerprint density at radius 2 is 2.12 bits per heavy atom. The van der Waals surface area contributed by atoms with Gasteiger partial charge in [-0.25, -0.2) is 9.50 Å². The van der Waals surface area contributed by atoms with Crippen molar-refractivity contribution in [3.05, 3.63) is 54.6 Å². The summed E-state index contributed by atoms with van der Waals surface area (Å²) in [5.41, 5.74) is 11.2. The van der Waals surface area contributed by atoms with Gasteiger partial charge in [-0.1, -0.05) is 12.1 Å². The summed E-state index contributed by atoms with van der Waals surface area (Å²) in [6.45, 7) is 0.751. The van der Waals surface area contributed by atoms with E-state index < -0.39 is 0 Å². The van der Waals surface area contributed by atoms with Gasteiger partial charge in [-0.2, -0.15) is 5.10 Å². The van der Waals surface area contributed by atoms with Gasteiger partial charge in [-0.05, 0) is 43.2 Å². The van der Waals surface area contributed by atoms with Crippen LogP contribution in [0.2, 0.25) is 0 Å². The number of H-pyrrole nitrogens is 1. The van der Waals surface area contributed by atoms with E-state index in [1.807, 2.05) is 38.8 Å². The zero-order valence-electron chi connectivity index (χ0n) is 13.8. The van der Waals surface area contributed by atoms with Crippen molar-refractivity contribution in [1.29, 1.82) is 0 Å². The number of benzene rings is 1. The molecule has 0 bridgehead atoms. The molecular weight excluding hydrogens is 300 g/mol. The normalized spacial score (nSPS) is 13.2. The van der Waals surface area contributed by atoms with Crippen molar-refractivity contribution in [3.8, 4) is 11.1 Å². The van der Waals surface area contributed by atoms with E-state index in [1.165, 1.54) is 5.39 Å². The monoisotopic (exact) mass is 320 g/mol. The molecule has 6 heteroatoms. The van der Waals surface area contributed by atoms with Gasteiger partial charge in [0, 0.05) is 30.0 Å². The van der Waals surface area contributed by atoms with Gasteiger partial charge in [0.15, 0.2) is 5.65 Å². The Labute approximate surface area is 139 Å². The largest absolute Gasteiger partial charge is 0.361 e. The third kappa shape index (κ3) is 2.55. The first-order valence-electron chi connectivity index (χ1n) is 7.94. The van der Waals surface area contributed by atoms with Crippen LogP contribution < -0.4 is 5.73 Å². The number of nitrogens with zero attached hydrogens (tertiary/aromatic N) is 4. The summed E-state index contributed by atoms with van der Waals surface area (Å²) in [5.74, 6) is 0. The summed E-state index contributed by atoms with van der Waals surface area (Å²) in [7, 11) is 4.02. The predicted molar refractivity (Wildman–Crippen MR) is 95.8 cm³/mol. The Balaban J connectivity index is 1.80. The lowest BCUT2D eigenvalue weighted by molar-refractivity contribution is 0.373. The molecule has 3 aromatic heterocycles. The highest BCUT2D eigenvalue weighted by Crippen LogP contribution is 2.27. The second-order valence-corrected chi connectivity index (χ2v) is 6.33. The molecule has 3 heterocycles. The Bertz CT molecular complexity index is 997. The fourth-order valence-electron chi connectivity index (χ4n) is 3.00. The maximum atomic E-state index is 6.27. The van der Waals surface area contributed by atoms with Gasteiger partial charge in [0.25, 0.3) is 0 Å². The van der Waals surface area contributed by atoms with Crippen LogP contribution in [0.15, 0.2) is 48.9 Å². The molecule has 1 atom stereocenters. The van der Waals surface area contributed by atoms with Gasteiger partial charge in [-0.15, -0.1) is 0 Å². The molecule has 4 rings (SSSR count). The summed E-state index contributed by atoms with van der Waals surface area (Å²) in [6.07, 6.45) is 5.72. The second kappa shape index (κ2) is 5.74. The predicted octanol–water partition coefficient (Wildman–Crippen LogP) is 2.44. The molecule has 0 amide bonds. The Morgan fingerprint density at radius 1 is 1.25 bits per heavy atom. The quantitative estimate of drug-likeness (QED) is 0.605. The van der Waals surface area contributed by atoms with Gasteiger partial charge in [0.05, 0.1) is 17.9 Å². The number of aromatic amines is 1. The fourth-order valence-corrected chi connectivity index (χ4v) is 3.00. The highest BCUT2D eigenvalue weighted by molar-refractivity contribution is 5.87. The summed E-state index contributed by atoms with van der Waals surface area (Å²) in [4.78, 5) is 10.1. The first-order chi connectivity index (χ1) is 11.6. The van der Waals surface area contributed by atoms with Crippen molar-refractivity contribution in [1.82, 2.24) is 24.5 Å². The molecule has 0 aliphatic rings. The van der Waals surface area contributed by atoms with Gasteiger partial charge < -0.3 is 15.6 Å². The number of nitrogens with two attached hydrogens (primary N) is 1. The zero-order chi connectivity index (χ0) is 16.7. The van der Waals surface area contributed by atoms with Crippen molar-refractivity contribution in [2.75, 3.05) is 20.6 Å². The molecule has 3 N–H and O–H groups in total. The molecule has 4 aromatic rings. The Morgan fingerprint density at radius 3 is 2.96 bits per heavy atom. The minimum Gasteiger partial charge on any atom is -0.361 e. The van der Waals surface area contributed by atoms with E-state index in [9.17, 15) is 0 Å². The van der Waals surface area contributed by atoms with E-state index in [2.05, 4.69) is 39.2 Å². The van der Waals surface area contributed by atoms with E-state index in [0.29, 0.717) is 0 Å². The zero-order valence-corrected chi connectivity index (χ0v) is 13.8. The van der Waals surface area contributed by atoms with Gasteiger partial charge in [-0.3, -0.25) is 0 Å². The van der Waals surface area contributed by atoms with Crippen molar-refractivity contribution in [3.63, 3.8) is 0 Å². The topological polar surface area (TPSA) is 75.2 Å². The number of rotatable bonds is 4. The molecular formula is C18H20N6. The van der Waals surface area contributed by atoms with E-state index in [-0.39, 0.29) is 6.04 Å². The second-order valence-electron chi connectivity index (χ2n) is 6.33. The van der Waals surface area contributed by atoms with E-state index in [1.54, 1.807) is 4.52 Å². The lowest BCUT2D eigenvalue weighted by atomic mass is 10.1. The molecule has 0 aliphatic heterocycles. The molecule has 24 heavy (non-hydrogen) atoms. The maximum Gasteiger partial charge on any atom is 0.163 e. The van der Waals surface area contributed by atoms with Crippen LogP contribution in [0.3, 0.4) is 0 Å². The lowest BCUT2D eigenvalue weighted by Gasteiger charge is -2.16. The molecule has 0 fully saturated rings. The number of aromatic nitrogens is 4. The number of hydrogen-bond acceptors (Lipinski definition) is 4. The van der Waals surface area contributed by atoms with Crippen LogP contribution in [0, 0.1) is 0 Å². The maximum absolute atomic E-state index is 6.27. The summed E-state index contributed by atoms with van der Waals surface area (Å²) >= 11 is 0. The van der Waals surface area contributed by atoms with Crippen molar-refractivity contribution >= 4 is 16.6 Å². The third-order valence-electron chi connectivity index (χ3n) is 4.20. The average molecular weight is 320 g/mol. The number of nitrogens with one attached hydrogen (secondary N) is 1. The highest BCUT2D eigenvalue weighted by atomic mass is 15.2. The lowest BCUT2D eigenvalue weighted by Crippen LogP contribution is -2.26. The third-order valence-corrected chi connectivity index (χ3v) is 4.20. The van der Waals surface area contributed by atoms with Crippen LogP contribution in [0.5, 0.6) is 0 Å². The van der Waals surface area contributed by atoms with Gasteiger partial charge >= 0.3 is 0 Å². The minimum atomic E-state index is -0.126. The van der Waals surface area contributed by atoms with Crippen LogP contribution in [-0.4, -0.2) is 45.1 Å². The molecule has 122 valence electrons. The molecule has 0 saturated carbocycles. The molecule has 6 nitrogen and oxygen atoms in total. The standard InChI is InChI=1S/C18H20N6/c1-23(2)11-15(19)16-6-8-24-18(22-16)14(10-21-24)13-4-3-12-5-7-20-17(12)9-13/h3-10,15,20H,11,19H2,1-2H3. The molecule has 1 unspecified atom stereocenters. The van der Waals surface area contributed by atoms with E-state index in [4.69, 9.17) is 10.7 Å². The van der Waals surface area contributed by atoms with E-state index in [0.717, 1.165) is 34.5 Å². The summed E-state index contributed by atoms with van der Waals surface area (Å²) < 4.78 is 1.79. The van der Waals surface area contributed by atoms with Crippen LogP contribution >= 0.6 is 0 Å². The molecule has 0 saturated heterocycles. The smallest absolute Gasteiger partial charge is 0.163 e. The van der Waals surface area contributed by atoms with Crippen LogP contribution in [0.1, 0.15) is 11.7 Å². The Hall–Kier alpha value is -2.70. The van der Waals surface area contributed by atoms with Crippen molar-refractivity contribution in [2.24, 2.45) is 5.73 Å². The van der Waals surface area contributed by atoms with Crippen LogP contribution in [0.4, 0.5) is 0 Å². The fraction of sp³-hybridized carbons (Fsp3) is 0.222. The van der Waals surface area contributed by atoms with Crippen molar-refractivity contribution in [2.45, 2.75) is 6.04 Å². The van der Waals surface area contributed by atoms with Crippen molar-refractivity contribution < 1.29 is 0 Å². The molecule has 1 aromatic carbocycles. The number of fused-ring (bicyclic) bond motifs is 2. The van der Waals surface area contributed by atoms with Crippen LogP contribution in [-0.2, 0) is 0 Å². The van der Waals surface area contributed by atoms with Crippen LogP contribution in [0.25, 0.3) is 27.7 Å². The first kappa shape index (κ1) is 14.9. The molecule has 0 radical (unpaired) electrons. The summed E-state index contributed by atoms with van der Waals surface area (Å²) in [5, 5.41) is 5.61. The van der Waals surface area contributed by atoms with E-state index >= 15 is 0 Å². The first-order valence-corrected chi connectivity index (χ1v) is 7.94. The number of hydrogen-bond donors (Lipinski definition) is 2. The van der Waals surface area contributed by atoms with Gasteiger partial charge in [0.2, 0.25) is 0 Å². The average Bonchev–Trinajstić information content (AvgIpc) is 3.19. The molecule has 0 spiro atoms. The number of likely N-dealkylation sites (N-methyl/N-ethyl adjacent to an activating group) is 1. The SMILES string of the molecule is CN(C)CC(N)c1ccn2ncc(-c3ccc4cc[nH]c4c3)c2n1. The molecule has 0 aliphatic carbocycles. The summed E-state index contributed by atoms with van der Waals surface area (Å²) in [6, 6.07) is 10.2. The minimum absolute atomic E-state index is 0.126. The Kier molecular flexibility index (Phi) is 3.55. The highest BCUT2D eigenvalue weighted by Gasteiger charge is 2.13. The van der Waals surface area contributed by atoms with Gasteiger partial charge in [0.1, 0.15) is 0 Å².